The molecule has 0 amide bonds. The van der Waals surface area contributed by atoms with Crippen LogP contribution < -0.4 is 4.90 Å². The van der Waals surface area contributed by atoms with Gasteiger partial charge in [-0.05, 0) is 12.1 Å². The Labute approximate surface area is 91.3 Å². The van der Waals surface area contributed by atoms with Crippen LogP contribution in [0.3, 0.4) is 0 Å². The number of hydrogen-bond donors (Lipinski definition) is 0. The van der Waals surface area contributed by atoms with Gasteiger partial charge in [0.05, 0.1) is 0 Å². The Hall–Kier alpha value is -1.51. The first-order valence-corrected chi connectivity index (χ1v) is 5.27. The summed E-state index contributed by atoms with van der Waals surface area (Å²) in [6.45, 7) is 4.00. The van der Waals surface area contributed by atoms with Crippen LogP contribution >= 0.6 is 0 Å². The summed E-state index contributed by atoms with van der Waals surface area (Å²) in [5, 5.41) is 1.20. The molecule has 0 aliphatic heterocycles. The lowest BCUT2D eigenvalue weighted by atomic mass is 10.3. The van der Waals surface area contributed by atoms with E-state index in [0.717, 1.165) is 5.65 Å². The third kappa shape index (κ3) is 2.12. The topological polar surface area (TPSA) is 21.1 Å². The Balaban J connectivity index is 0.000000531. The van der Waals surface area contributed by atoms with Gasteiger partial charge >= 0.3 is 0 Å². The Morgan fingerprint density at radius 2 is 1.87 bits per heavy atom. The van der Waals surface area contributed by atoms with Crippen LogP contribution in [0.1, 0.15) is 13.8 Å². The molecule has 15 heavy (non-hydrogen) atoms. The highest BCUT2D eigenvalue weighted by Gasteiger charge is 2.05. The molecule has 2 aromatic heterocycles. The van der Waals surface area contributed by atoms with Crippen molar-refractivity contribution in [3.63, 3.8) is 0 Å². The normalized spacial score (nSPS) is 9.67. The van der Waals surface area contributed by atoms with Gasteiger partial charge in [-0.3, -0.25) is 0 Å². The molecule has 0 aliphatic carbocycles. The maximum absolute atomic E-state index is 4.32. The Morgan fingerprint density at radius 1 is 1.20 bits per heavy atom. The Morgan fingerprint density at radius 3 is 2.47 bits per heavy atom. The lowest BCUT2D eigenvalue weighted by molar-refractivity contribution is 0.948. The molecular weight excluding hydrogens is 186 g/mol. The summed E-state index contributed by atoms with van der Waals surface area (Å²) in [5.41, 5.74) is 2.25. The molecule has 0 aliphatic rings. The number of pyridine rings is 1. The molecule has 0 radical (unpaired) electrons. The Bertz CT molecular complexity index is 429. The van der Waals surface area contributed by atoms with Crippen molar-refractivity contribution in [2.45, 2.75) is 13.8 Å². The predicted octanol–water partition coefficient (Wildman–Crippen LogP) is 2.67. The average molecular weight is 205 g/mol. The first kappa shape index (κ1) is 11.6. The smallest absolute Gasteiger partial charge is 0.141 e. The van der Waals surface area contributed by atoms with E-state index in [4.69, 9.17) is 0 Å². The van der Waals surface area contributed by atoms with Crippen LogP contribution in [-0.4, -0.2) is 23.6 Å². The molecule has 82 valence electrons. The molecule has 0 saturated heterocycles. The second-order valence-corrected chi connectivity index (χ2v) is 3.39. The molecule has 0 fully saturated rings. The van der Waals surface area contributed by atoms with Gasteiger partial charge < -0.3 is 9.47 Å². The molecule has 0 bridgehead atoms. The van der Waals surface area contributed by atoms with Crippen LogP contribution in [-0.2, 0) is 7.05 Å². The maximum Gasteiger partial charge on any atom is 0.141 e. The van der Waals surface area contributed by atoms with Crippen LogP contribution in [0.5, 0.6) is 0 Å². The van der Waals surface area contributed by atoms with Crippen LogP contribution in [0, 0.1) is 0 Å². The van der Waals surface area contributed by atoms with Gasteiger partial charge in [-0.1, -0.05) is 13.8 Å². The van der Waals surface area contributed by atoms with Crippen LogP contribution in [0.4, 0.5) is 5.69 Å². The average Bonchev–Trinajstić information content (AvgIpc) is 2.63. The summed E-state index contributed by atoms with van der Waals surface area (Å²) >= 11 is 0. The quantitative estimate of drug-likeness (QED) is 0.713. The minimum atomic E-state index is 1.03. The minimum absolute atomic E-state index is 1.03. The van der Waals surface area contributed by atoms with Crippen molar-refractivity contribution in [2.75, 3.05) is 19.0 Å². The first-order valence-electron chi connectivity index (χ1n) is 5.27. The van der Waals surface area contributed by atoms with E-state index in [1.165, 1.54) is 11.1 Å². The third-order valence-electron chi connectivity index (χ3n) is 2.23. The van der Waals surface area contributed by atoms with Gasteiger partial charge in [-0.2, -0.15) is 0 Å². The van der Waals surface area contributed by atoms with Crippen molar-refractivity contribution in [3.8, 4) is 0 Å². The number of aromatic nitrogens is 2. The second-order valence-electron chi connectivity index (χ2n) is 3.39. The highest BCUT2D eigenvalue weighted by Crippen LogP contribution is 2.23. The van der Waals surface area contributed by atoms with E-state index in [1.54, 1.807) is 0 Å². The van der Waals surface area contributed by atoms with E-state index in [2.05, 4.69) is 16.0 Å². The lowest BCUT2D eigenvalue weighted by Crippen LogP contribution is -2.09. The minimum Gasteiger partial charge on any atom is -0.377 e. The van der Waals surface area contributed by atoms with Crippen molar-refractivity contribution < 1.29 is 0 Å². The van der Waals surface area contributed by atoms with E-state index in [9.17, 15) is 0 Å². The number of aryl methyl sites for hydroxylation is 1. The summed E-state index contributed by atoms with van der Waals surface area (Å²) < 4.78 is 2.03. The van der Waals surface area contributed by atoms with Gasteiger partial charge in [0, 0.05) is 44.6 Å². The van der Waals surface area contributed by atoms with Crippen LogP contribution in [0.15, 0.2) is 24.5 Å². The fourth-order valence-electron chi connectivity index (χ4n) is 1.54. The molecule has 2 aromatic rings. The zero-order chi connectivity index (χ0) is 11.4. The summed E-state index contributed by atoms with van der Waals surface area (Å²) in [6, 6.07) is 4.12. The van der Waals surface area contributed by atoms with Gasteiger partial charge in [-0.15, -0.1) is 0 Å². The van der Waals surface area contributed by atoms with Gasteiger partial charge in [0.1, 0.15) is 5.65 Å². The van der Waals surface area contributed by atoms with Crippen molar-refractivity contribution in [2.24, 2.45) is 7.05 Å². The van der Waals surface area contributed by atoms with Crippen molar-refractivity contribution in [3.05, 3.63) is 24.5 Å². The lowest BCUT2D eigenvalue weighted by Gasteiger charge is -2.12. The molecule has 0 spiro atoms. The van der Waals surface area contributed by atoms with E-state index in [-0.39, 0.29) is 0 Å². The van der Waals surface area contributed by atoms with E-state index in [0.29, 0.717) is 0 Å². The van der Waals surface area contributed by atoms with Crippen LogP contribution in [0.2, 0.25) is 0 Å². The predicted molar refractivity (Wildman–Crippen MR) is 66.4 cm³/mol. The highest BCUT2D eigenvalue weighted by molar-refractivity contribution is 5.89. The zero-order valence-electron chi connectivity index (χ0n) is 10.2. The molecular formula is C12H19N3. The molecule has 0 aromatic carbocycles. The SMILES string of the molecule is CC.CN(C)c1ccnc2c1ccn2C. The number of hydrogen-bond acceptors (Lipinski definition) is 2. The van der Waals surface area contributed by atoms with Gasteiger partial charge in [0.15, 0.2) is 0 Å². The molecule has 3 nitrogen and oxygen atoms in total. The van der Waals surface area contributed by atoms with Gasteiger partial charge in [-0.25, -0.2) is 4.98 Å². The monoisotopic (exact) mass is 205 g/mol. The van der Waals surface area contributed by atoms with E-state index in [1.807, 2.05) is 58.0 Å². The second kappa shape index (κ2) is 4.82. The van der Waals surface area contributed by atoms with Gasteiger partial charge in [0.25, 0.3) is 0 Å². The molecule has 2 heterocycles. The molecule has 3 heteroatoms. The molecule has 0 atom stereocenters. The summed E-state index contributed by atoms with van der Waals surface area (Å²) in [7, 11) is 6.10. The standard InChI is InChI=1S/C10H13N3.C2H6/c1-12(2)9-4-6-11-10-8(9)5-7-13(10)3;1-2/h4-7H,1-3H3;1-2H3. The molecule has 0 N–H and O–H groups in total. The van der Waals surface area contributed by atoms with Crippen molar-refractivity contribution in [1.29, 1.82) is 0 Å². The van der Waals surface area contributed by atoms with Gasteiger partial charge in [0.2, 0.25) is 0 Å². The fourth-order valence-corrected chi connectivity index (χ4v) is 1.54. The van der Waals surface area contributed by atoms with Crippen molar-refractivity contribution in [1.82, 2.24) is 9.55 Å². The number of fused-ring (bicyclic) bond motifs is 1. The third-order valence-corrected chi connectivity index (χ3v) is 2.23. The summed E-state index contributed by atoms with van der Waals surface area (Å²) in [6.07, 6.45) is 3.88. The zero-order valence-corrected chi connectivity index (χ0v) is 10.2. The van der Waals surface area contributed by atoms with E-state index >= 15 is 0 Å². The number of rotatable bonds is 1. The van der Waals surface area contributed by atoms with E-state index < -0.39 is 0 Å². The number of nitrogens with zero attached hydrogens (tertiary/aromatic N) is 3. The van der Waals surface area contributed by atoms with Crippen molar-refractivity contribution >= 4 is 16.7 Å². The summed E-state index contributed by atoms with van der Waals surface area (Å²) in [4.78, 5) is 6.42. The highest BCUT2D eigenvalue weighted by atomic mass is 15.1. The van der Waals surface area contributed by atoms with Crippen LogP contribution in [0.25, 0.3) is 11.0 Å². The Kier molecular flexibility index (Phi) is 3.72. The maximum atomic E-state index is 4.32. The molecule has 0 saturated carbocycles. The molecule has 0 unspecified atom stereocenters. The first-order chi connectivity index (χ1) is 7.20. The molecule has 2 rings (SSSR count). The number of anilines is 1. The summed E-state index contributed by atoms with van der Waals surface area (Å²) in [5.74, 6) is 0. The fraction of sp³-hybridized carbons (Fsp3) is 0.417. The largest absolute Gasteiger partial charge is 0.377 e.